The molecule has 0 saturated carbocycles. The normalized spacial score (nSPS) is 15.2. The van der Waals surface area contributed by atoms with Crippen LogP contribution < -0.4 is 32.2 Å². The van der Waals surface area contributed by atoms with Gasteiger partial charge in [0.25, 0.3) is 0 Å². The number of hydrogen-bond acceptors (Lipinski definition) is 7. The van der Waals surface area contributed by atoms with E-state index in [2.05, 4.69) is 105 Å². The van der Waals surface area contributed by atoms with Crippen LogP contribution in [0, 0.1) is 0 Å². The Morgan fingerprint density at radius 1 is 0.474 bits per heavy atom. The van der Waals surface area contributed by atoms with Crippen molar-refractivity contribution in [2.45, 2.75) is 38.5 Å². The van der Waals surface area contributed by atoms with E-state index in [1.807, 2.05) is 54.6 Å². The van der Waals surface area contributed by atoms with Gasteiger partial charge in [-0.1, -0.05) is 76.2 Å². The van der Waals surface area contributed by atoms with Crippen LogP contribution in [0.15, 0.2) is 133 Å². The Morgan fingerprint density at radius 3 is 1.81 bits per heavy atom. The zero-order valence-corrected chi connectivity index (χ0v) is 32.1. The summed E-state index contributed by atoms with van der Waals surface area (Å²) in [5.41, 5.74) is 12.2. The Balaban J connectivity index is 1.02. The van der Waals surface area contributed by atoms with Gasteiger partial charge < -0.3 is 26.4 Å². The van der Waals surface area contributed by atoms with E-state index in [4.69, 9.17) is 22.3 Å². The third-order valence-electron chi connectivity index (χ3n) is 12.6. The molecular formula is C48H41N7O2. The average molecular weight is 748 g/mol. The van der Waals surface area contributed by atoms with Crippen molar-refractivity contribution in [2.75, 3.05) is 21.6 Å². The Labute approximate surface area is 329 Å². The molecule has 57 heavy (non-hydrogen) atoms. The van der Waals surface area contributed by atoms with Gasteiger partial charge in [-0.3, -0.25) is 14.4 Å². The van der Waals surface area contributed by atoms with Crippen LogP contribution in [0.1, 0.15) is 49.9 Å². The summed E-state index contributed by atoms with van der Waals surface area (Å²) in [6.45, 7) is 8.90. The smallest absolute Gasteiger partial charge is 0.129 e. The van der Waals surface area contributed by atoms with E-state index in [9.17, 15) is 5.11 Å². The van der Waals surface area contributed by atoms with Gasteiger partial charge >= 0.3 is 0 Å². The summed E-state index contributed by atoms with van der Waals surface area (Å²) in [4.78, 5) is 2.28. The lowest BCUT2D eigenvalue weighted by molar-refractivity contribution is 0.471. The van der Waals surface area contributed by atoms with E-state index in [1.165, 1.54) is 5.56 Å². The zero-order valence-electron chi connectivity index (χ0n) is 32.1. The first-order valence-electron chi connectivity index (χ1n) is 19.2. The van der Waals surface area contributed by atoms with Crippen LogP contribution in [-0.2, 0) is 10.8 Å². The number of para-hydroxylation sites is 2. The summed E-state index contributed by atoms with van der Waals surface area (Å²) in [6.07, 6.45) is 0. The highest BCUT2D eigenvalue weighted by molar-refractivity contribution is 6.22. The molecule has 0 radical (unpaired) electrons. The molecule has 9 nitrogen and oxygen atoms in total. The number of hydrazine groups is 1. The van der Waals surface area contributed by atoms with E-state index in [-0.39, 0.29) is 11.2 Å². The Kier molecular flexibility index (Phi) is 6.56. The molecule has 9 aromatic rings. The molecule has 0 spiro atoms. The van der Waals surface area contributed by atoms with Crippen LogP contribution in [0.4, 0.5) is 28.4 Å². The lowest BCUT2D eigenvalue weighted by Gasteiger charge is -2.44. The zero-order chi connectivity index (χ0) is 39.1. The molecule has 0 atom stereocenters. The highest BCUT2D eigenvalue weighted by atomic mass is 16.5. The van der Waals surface area contributed by atoms with Crippen molar-refractivity contribution in [3.05, 3.63) is 156 Å². The van der Waals surface area contributed by atoms with E-state index >= 15 is 0 Å². The molecule has 0 saturated heterocycles. The molecule has 7 aromatic carbocycles. The van der Waals surface area contributed by atoms with Crippen molar-refractivity contribution in [3.63, 3.8) is 0 Å². The summed E-state index contributed by atoms with van der Waals surface area (Å²) < 4.78 is 10.1. The maximum Gasteiger partial charge on any atom is 0.129 e. The van der Waals surface area contributed by atoms with Crippen LogP contribution in [0.3, 0.4) is 0 Å². The largest absolute Gasteiger partial charge is 0.508 e. The van der Waals surface area contributed by atoms with Crippen molar-refractivity contribution in [1.82, 2.24) is 9.35 Å². The molecule has 2 aliphatic heterocycles. The second-order valence-corrected chi connectivity index (χ2v) is 16.5. The Bertz CT molecular complexity index is 3190. The third-order valence-corrected chi connectivity index (χ3v) is 12.6. The molecule has 7 N–H and O–H groups in total. The second-order valence-electron chi connectivity index (χ2n) is 16.5. The van der Waals surface area contributed by atoms with Gasteiger partial charge in [-0.2, -0.15) is 0 Å². The second kappa shape index (κ2) is 11.2. The number of rotatable bonds is 3. The minimum absolute atomic E-state index is 0.220. The molecular weight excluding hydrogens is 707 g/mol. The van der Waals surface area contributed by atoms with E-state index in [0.29, 0.717) is 11.5 Å². The number of nitrogens with two attached hydrogens (primary N) is 3. The van der Waals surface area contributed by atoms with Gasteiger partial charge in [0.1, 0.15) is 17.2 Å². The first-order chi connectivity index (χ1) is 27.4. The molecule has 0 bridgehead atoms. The van der Waals surface area contributed by atoms with Crippen molar-refractivity contribution < 1.29 is 9.84 Å². The number of nitrogen functional groups attached to an aromatic ring is 2. The molecule has 280 valence electrons. The summed E-state index contributed by atoms with van der Waals surface area (Å²) in [6, 6.07) is 45.2. The number of phenols is 1. The minimum Gasteiger partial charge on any atom is -0.508 e. The molecule has 2 aromatic heterocycles. The van der Waals surface area contributed by atoms with Crippen LogP contribution in [-0.4, -0.2) is 14.5 Å². The van der Waals surface area contributed by atoms with Crippen molar-refractivity contribution in [2.24, 2.45) is 5.84 Å². The van der Waals surface area contributed by atoms with E-state index in [1.54, 1.807) is 20.4 Å². The van der Waals surface area contributed by atoms with Gasteiger partial charge in [0, 0.05) is 44.1 Å². The number of aromatic hydroxyl groups is 1. The van der Waals surface area contributed by atoms with Gasteiger partial charge in [-0.25, -0.2) is 5.84 Å². The molecule has 9 heteroatoms. The van der Waals surface area contributed by atoms with Gasteiger partial charge in [-0.05, 0) is 101 Å². The number of anilines is 5. The number of benzene rings is 7. The fourth-order valence-corrected chi connectivity index (χ4v) is 9.70. The quantitative estimate of drug-likeness (QED) is 0.133. The molecule has 0 unspecified atom stereocenters. The monoisotopic (exact) mass is 747 g/mol. The predicted octanol–water partition coefficient (Wildman–Crippen LogP) is 10.6. The molecule has 0 aliphatic carbocycles. The van der Waals surface area contributed by atoms with Gasteiger partial charge in [-0.15, -0.1) is 0 Å². The first kappa shape index (κ1) is 33.3. The number of aromatic nitrogens is 2. The van der Waals surface area contributed by atoms with Crippen molar-refractivity contribution >= 4 is 72.0 Å². The molecule has 11 rings (SSSR count). The Morgan fingerprint density at radius 2 is 1.02 bits per heavy atom. The number of phenolic OH excluding ortho intramolecular Hbond substituents is 1. The molecule has 2 aliphatic rings. The number of fused-ring (bicyclic) bond motifs is 11. The maximum absolute atomic E-state index is 10.8. The third kappa shape index (κ3) is 4.43. The van der Waals surface area contributed by atoms with Gasteiger partial charge in [0.05, 0.1) is 44.8 Å². The summed E-state index contributed by atoms with van der Waals surface area (Å²) >= 11 is 0. The van der Waals surface area contributed by atoms with Gasteiger partial charge in [0.15, 0.2) is 0 Å². The average Bonchev–Trinajstić information content (AvgIpc) is 3.67. The lowest BCUT2D eigenvalue weighted by atomic mass is 9.72. The minimum atomic E-state index is -0.473. The topological polar surface area (TPSA) is 124 Å². The van der Waals surface area contributed by atoms with Crippen LogP contribution >= 0.6 is 0 Å². The van der Waals surface area contributed by atoms with Gasteiger partial charge in [0.2, 0.25) is 0 Å². The standard InChI is InChI=1S/C48H41N7O2/c1-47(2)35-10-6-8-12-42(35)53(49)43-20-13-27(23-36(43)47)52-40-21-14-28(56)24-37(40)48(3,4)38-25-29(16-22-41(38)52)57-30-15-17-32-34-19-18-33-31-9-5-7-11-39(31)54(50)45(33)46(34)55(51)44(32)26-30/h5-26,56H,49-51H2,1-4H3. The SMILES string of the molecule is CC1(C)c2ccccc2N(N)c2ccc(N3c4ccc(O)cc4C(C)(C)c4cc(Oc5ccc6c7ccc8c9ccccc9n(N)c8c7n(N)c6c5)ccc43)cc21. The highest BCUT2D eigenvalue weighted by Crippen LogP contribution is 2.55. The van der Waals surface area contributed by atoms with Crippen LogP contribution in [0.25, 0.3) is 43.6 Å². The highest BCUT2D eigenvalue weighted by Gasteiger charge is 2.40. The summed E-state index contributed by atoms with van der Waals surface area (Å²) in [5.74, 6) is 21.9. The summed E-state index contributed by atoms with van der Waals surface area (Å²) in [7, 11) is 0. The molecule has 4 heterocycles. The predicted molar refractivity (Wildman–Crippen MR) is 233 cm³/mol. The number of nitrogens with zero attached hydrogens (tertiary/aromatic N) is 4. The fraction of sp³-hybridized carbons (Fsp3) is 0.125. The number of ether oxygens (including phenoxy) is 1. The maximum atomic E-state index is 10.8. The van der Waals surface area contributed by atoms with Crippen LogP contribution in [0.5, 0.6) is 17.2 Å². The first-order valence-corrected chi connectivity index (χ1v) is 19.2. The van der Waals surface area contributed by atoms with E-state index in [0.717, 1.165) is 88.7 Å². The molecule has 0 amide bonds. The van der Waals surface area contributed by atoms with Crippen LogP contribution in [0.2, 0.25) is 0 Å². The van der Waals surface area contributed by atoms with Crippen molar-refractivity contribution in [1.29, 1.82) is 0 Å². The van der Waals surface area contributed by atoms with E-state index < -0.39 is 5.41 Å². The Hall–Kier alpha value is -7.10. The number of hydrogen-bond donors (Lipinski definition) is 4. The lowest BCUT2D eigenvalue weighted by Crippen LogP contribution is -2.37. The molecule has 0 fully saturated rings. The fourth-order valence-electron chi connectivity index (χ4n) is 9.70. The van der Waals surface area contributed by atoms with Crippen molar-refractivity contribution in [3.8, 4) is 17.2 Å². The summed E-state index contributed by atoms with van der Waals surface area (Å²) in [5, 5.41) is 16.8.